The van der Waals surface area contributed by atoms with E-state index in [1.165, 1.54) is 4.90 Å². The van der Waals surface area contributed by atoms with Gasteiger partial charge in [0.05, 0.1) is 10.5 Å². The number of carbonyl (C=O) groups is 1. The lowest BCUT2D eigenvalue weighted by Crippen LogP contribution is -2.48. The van der Waals surface area contributed by atoms with Crippen molar-refractivity contribution in [3.8, 4) is 0 Å². The van der Waals surface area contributed by atoms with Crippen LogP contribution in [0.1, 0.15) is 22.8 Å². The Morgan fingerprint density at radius 1 is 1.26 bits per heavy atom. The average Bonchev–Trinajstić information content (AvgIpc) is 2.52. The number of nitrogens with zero attached hydrogens (tertiary/aromatic N) is 3. The van der Waals surface area contributed by atoms with Crippen molar-refractivity contribution in [2.75, 3.05) is 32.7 Å². The Balaban J connectivity index is 2.28. The second-order valence-corrected chi connectivity index (χ2v) is 5.21. The molecular weight excluding hydrogens is 315 g/mol. The molecule has 1 fully saturated rings. The summed E-state index contributed by atoms with van der Waals surface area (Å²) >= 11 is 0. The van der Waals surface area contributed by atoms with Gasteiger partial charge in [-0.15, -0.1) is 0 Å². The first-order chi connectivity index (χ1) is 10.7. The summed E-state index contributed by atoms with van der Waals surface area (Å²) in [4.78, 5) is 26.0. The lowest BCUT2D eigenvalue weighted by Gasteiger charge is -2.34. The van der Waals surface area contributed by atoms with E-state index in [9.17, 15) is 28.1 Å². The molecule has 1 aromatic carbocycles. The van der Waals surface area contributed by atoms with Crippen molar-refractivity contribution in [1.29, 1.82) is 0 Å². The number of likely N-dealkylation sites (N-methyl/N-ethyl adjacent to an activating group) is 1. The van der Waals surface area contributed by atoms with E-state index in [0.717, 1.165) is 12.6 Å². The lowest BCUT2D eigenvalue weighted by atomic mass is 10.1. The van der Waals surface area contributed by atoms with Gasteiger partial charge in [0.2, 0.25) is 0 Å². The number of rotatable bonds is 3. The van der Waals surface area contributed by atoms with E-state index >= 15 is 0 Å². The predicted molar refractivity (Wildman–Crippen MR) is 76.1 cm³/mol. The Kier molecular flexibility index (Phi) is 4.88. The molecule has 1 aromatic rings. The number of hydrogen-bond donors (Lipinski definition) is 0. The first-order valence-corrected chi connectivity index (χ1v) is 7.11. The van der Waals surface area contributed by atoms with Crippen LogP contribution in [0, 0.1) is 10.1 Å². The SMILES string of the molecule is CCN1CCN(C(=O)c2ccc(C(F)(F)F)cc2[N+](=O)[O-])CC1. The van der Waals surface area contributed by atoms with Gasteiger partial charge in [0.15, 0.2) is 0 Å². The maximum Gasteiger partial charge on any atom is 0.416 e. The Labute approximate surface area is 130 Å². The Hall–Kier alpha value is -2.16. The summed E-state index contributed by atoms with van der Waals surface area (Å²) in [5.74, 6) is -0.610. The summed E-state index contributed by atoms with van der Waals surface area (Å²) in [6.07, 6.45) is -4.70. The smallest absolute Gasteiger partial charge is 0.336 e. The lowest BCUT2D eigenvalue weighted by molar-refractivity contribution is -0.385. The van der Waals surface area contributed by atoms with E-state index in [-0.39, 0.29) is 5.56 Å². The van der Waals surface area contributed by atoms with Gasteiger partial charge in [-0.2, -0.15) is 13.2 Å². The van der Waals surface area contributed by atoms with Crippen molar-refractivity contribution < 1.29 is 22.9 Å². The normalized spacial score (nSPS) is 16.4. The number of nitro groups is 1. The van der Waals surface area contributed by atoms with Crippen molar-refractivity contribution in [3.05, 3.63) is 39.4 Å². The molecule has 0 saturated carbocycles. The van der Waals surface area contributed by atoms with Crippen molar-refractivity contribution >= 4 is 11.6 Å². The Morgan fingerprint density at radius 2 is 1.87 bits per heavy atom. The molecule has 0 unspecified atom stereocenters. The third-order valence-corrected chi connectivity index (χ3v) is 3.86. The highest BCUT2D eigenvalue weighted by molar-refractivity contribution is 5.98. The molecule has 1 amide bonds. The van der Waals surface area contributed by atoms with E-state index in [2.05, 4.69) is 4.90 Å². The van der Waals surface area contributed by atoms with Crippen LogP contribution in [-0.4, -0.2) is 53.4 Å². The minimum absolute atomic E-state index is 0.312. The molecule has 0 N–H and O–H groups in total. The van der Waals surface area contributed by atoms with E-state index in [1.807, 2.05) is 6.92 Å². The zero-order chi connectivity index (χ0) is 17.2. The third kappa shape index (κ3) is 3.79. The van der Waals surface area contributed by atoms with Gasteiger partial charge >= 0.3 is 6.18 Å². The second-order valence-electron chi connectivity index (χ2n) is 5.21. The van der Waals surface area contributed by atoms with Crippen molar-refractivity contribution in [2.24, 2.45) is 0 Å². The quantitative estimate of drug-likeness (QED) is 0.630. The molecule has 2 rings (SSSR count). The van der Waals surface area contributed by atoms with Gasteiger partial charge in [0.25, 0.3) is 11.6 Å². The van der Waals surface area contributed by atoms with Crippen LogP contribution >= 0.6 is 0 Å². The summed E-state index contributed by atoms with van der Waals surface area (Å²) in [7, 11) is 0. The number of alkyl halides is 3. The second kappa shape index (κ2) is 6.53. The molecule has 0 aromatic heterocycles. The van der Waals surface area contributed by atoms with Crippen molar-refractivity contribution in [1.82, 2.24) is 9.80 Å². The standard InChI is InChI=1S/C14H16F3N3O3/c1-2-18-5-7-19(8-6-18)13(21)11-4-3-10(14(15,16)17)9-12(11)20(22)23/h3-4,9H,2,5-8H2,1H3. The summed E-state index contributed by atoms with van der Waals surface area (Å²) in [5, 5.41) is 11.0. The number of piperazine rings is 1. The molecule has 0 aliphatic carbocycles. The maximum absolute atomic E-state index is 12.7. The Bertz CT molecular complexity index is 611. The highest BCUT2D eigenvalue weighted by atomic mass is 19.4. The molecule has 1 heterocycles. The number of benzene rings is 1. The molecule has 1 aliphatic heterocycles. The summed E-state index contributed by atoms with van der Waals surface area (Å²) in [5.41, 5.74) is -2.27. The summed E-state index contributed by atoms with van der Waals surface area (Å²) < 4.78 is 38.0. The van der Waals surface area contributed by atoms with Crippen LogP contribution in [0.4, 0.5) is 18.9 Å². The van der Waals surface area contributed by atoms with Crippen LogP contribution in [0.15, 0.2) is 18.2 Å². The largest absolute Gasteiger partial charge is 0.416 e. The number of halogens is 3. The number of carbonyl (C=O) groups excluding carboxylic acids is 1. The molecule has 0 bridgehead atoms. The van der Waals surface area contributed by atoms with Gasteiger partial charge < -0.3 is 9.80 Å². The zero-order valence-electron chi connectivity index (χ0n) is 12.5. The average molecular weight is 331 g/mol. The molecular formula is C14H16F3N3O3. The minimum atomic E-state index is -4.70. The van der Waals surface area contributed by atoms with Gasteiger partial charge in [-0.25, -0.2) is 0 Å². The minimum Gasteiger partial charge on any atom is -0.336 e. The first-order valence-electron chi connectivity index (χ1n) is 7.11. The fourth-order valence-electron chi connectivity index (χ4n) is 2.48. The maximum atomic E-state index is 12.7. The fourth-order valence-corrected chi connectivity index (χ4v) is 2.48. The Morgan fingerprint density at radius 3 is 2.35 bits per heavy atom. The van der Waals surface area contributed by atoms with Crippen LogP contribution in [-0.2, 0) is 6.18 Å². The number of hydrogen-bond acceptors (Lipinski definition) is 4. The van der Waals surface area contributed by atoms with Gasteiger partial charge in [-0.1, -0.05) is 6.92 Å². The molecule has 126 valence electrons. The number of amides is 1. The zero-order valence-corrected chi connectivity index (χ0v) is 12.5. The molecule has 0 atom stereocenters. The fraction of sp³-hybridized carbons (Fsp3) is 0.500. The topological polar surface area (TPSA) is 66.7 Å². The van der Waals surface area contributed by atoms with Crippen LogP contribution in [0.5, 0.6) is 0 Å². The molecule has 6 nitrogen and oxygen atoms in total. The van der Waals surface area contributed by atoms with Crippen LogP contribution < -0.4 is 0 Å². The van der Waals surface area contributed by atoms with E-state index in [4.69, 9.17) is 0 Å². The van der Waals surface area contributed by atoms with E-state index in [1.54, 1.807) is 0 Å². The van der Waals surface area contributed by atoms with Crippen molar-refractivity contribution in [2.45, 2.75) is 13.1 Å². The van der Waals surface area contributed by atoms with Gasteiger partial charge in [-0.3, -0.25) is 14.9 Å². The summed E-state index contributed by atoms with van der Waals surface area (Å²) in [6.45, 7) is 4.88. The molecule has 23 heavy (non-hydrogen) atoms. The van der Waals surface area contributed by atoms with Crippen LogP contribution in [0.3, 0.4) is 0 Å². The first kappa shape index (κ1) is 17.2. The molecule has 0 radical (unpaired) electrons. The molecule has 0 spiro atoms. The molecule has 1 aliphatic rings. The number of nitro benzene ring substituents is 1. The van der Waals surface area contributed by atoms with E-state index in [0.29, 0.717) is 38.3 Å². The van der Waals surface area contributed by atoms with E-state index < -0.39 is 28.3 Å². The summed E-state index contributed by atoms with van der Waals surface area (Å²) in [6, 6.07) is 1.99. The monoisotopic (exact) mass is 331 g/mol. The highest BCUT2D eigenvalue weighted by Gasteiger charge is 2.35. The van der Waals surface area contributed by atoms with Gasteiger partial charge in [0.1, 0.15) is 5.56 Å². The third-order valence-electron chi connectivity index (χ3n) is 3.86. The van der Waals surface area contributed by atoms with Gasteiger partial charge in [-0.05, 0) is 18.7 Å². The highest BCUT2D eigenvalue weighted by Crippen LogP contribution is 2.33. The van der Waals surface area contributed by atoms with Crippen molar-refractivity contribution in [3.63, 3.8) is 0 Å². The molecule has 9 heteroatoms. The predicted octanol–water partition coefficient (Wildman–Crippen LogP) is 2.39. The molecule has 1 saturated heterocycles. The van der Waals surface area contributed by atoms with Gasteiger partial charge in [0, 0.05) is 32.2 Å². The van der Waals surface area contributed by atoms with Crippen LogP contribution in [0.2, 0.25) is 0 Å². The van der Waals surface area contributed by atoms with Crippen LogP contribution in [0.25, 0.3) is 0 Å².